The van der Waals surface area contributed by atoms with Crippen LogP contribution in [0, 0.1) is 0 Å². The van der Waals surface area contributed by atoms with Crippen molar-refractivity contribution in [2.24, 2.45) is 0 Å². The zero-order chi connectivity index (χ0) is 23.9. The molecule has 7 heteroatoms. The number of benzene rings is 3. The van der Waals surface area contributed by atoms with Gasteiger partial charge in [0.1, 0.15) is 5.75 Å². The van der Waals surface area contributed by atoms with Crippen molar-refractivity contribution in [3.05, 3.63) is 89.5 Å². The summed E-state index contributed by atoms with van der Waals surface area (Å²) in [6.45, 7) is 4.35. The van der Waals surface area contributed by atoms with Crippen molar-refractivity contribution in [1.82, 2.24) is 4.90 Å². The van der Waals surface area contributed by atoms with Crippen molar-refractivity contribution < 1.29 is 19.1 Å². The summed E-state index contributed by atoms with van der Waals surface area (Å²) < 4.78 is 10.0. The maximum Gasteiger partial charge on any atom is 0.337 e. The van der Waals surface area contributed by atoms with Crippen LogP contribution < -0.4 is 15.0 Å². The fourth-order valence-electron chi connectivity index (χ4n) is 4.08. The molecule has 0 atom stereocenters. The van der Waals surface area contributed by atoms with E-state index in [2.05, 4.69) is 39.4 Å². The highest BCUT2D eigenvalue weighted by atomic mass is 16.5. The van der Waals surface area contributed by atoms with Gasteiger partial charge in [-0.05, 0) is 48.0 Å². The molecular formula is C27H29N3O4. The van der Waals surface area contributed by atoms with Crippen LogP contribution in [0.2, 0.25) is 0 Å². The molecule has 176 valence electrons. The van der Waals surface area contributed by atoms with Crippen LogP contribution in [0.15, 0.2) is 72.8 Å². The molecule has 0 aromatic heterocycles. The van der Waals surface area contributed by atoms with Crippen molar-refractivity contribution in [3.63, 3.8) is 0 Å². The van der Waals surface area contributed by atoms with Gasteiger partial charge in [-0.25, -0.2) is 4.79 Å². The number of hydrogen-bond donors (Lipinski definition) is 1. The number of methoxy groups -OCH3 is 2. The minimum absolute atomic E-state index is 0.256. The van der Waals surface area contributed by atoms with Crippen LogP contribution in [0.4, 0.5) is 11.4 Å². The monoisotopic (exact) mass is 459 g/mol. The quantitative estimate of drug-likeness (QED) is 0.538. The van der Waals surface area contributed by atoms with E-state index >= 15 is 0 Å². The van der Waals surface area contributed by atoms with Crippen molar-refractivity contribution in [1.29, 1.82) is 0 Å². The molecule has 0 bridgehead atoms. The zero-order valence-electron chi connectivity index (χ0n) is 19.5. The maximum atomic E-state index is 13.0. The first-order chi connectivity index (χ1) is 16.6. The normalized spacial score (nSPS) is 13.9. The van der Waals surface area contributed by atoms with Crippen LogP contribution in [0.3, 0.4) is 0 Å². The van der Waals surface area contributed by atoms with Crippen LogP contribution >= 0.6 is 0 Å². The van der Waals surface area contributed by atoms with E-state index in [9.17, 15) is 9.59 Å². The van der Waals surface area contributed by atoms with Crippen LogP contribution in [-0.2, 0) is 11.3 Å². The lowest BCUT2D eigenvalue weighted by atomic mass is 10.1. The predicted molar refractivity (Wildman–Crippen MR) is 133 cm³/mol. The van der Waals surface area contributed by atoms with Gasteiger partial charge >= 0.3 is 5.97 Å². The number of ether oxygens (including phenoxy) is 2. The van der Waals surface area contributed by atoms with E-state index < -0.39 is 5.97 Å². The molecule has 1 N–H and O–H groups in total. The van der Waals surface area contributed by atoms with E-state index in [-0.39, 0.29) is 5.91 Å². The molecule has 0 radical (unpaired) electrons. The second kappa shape index (κ2) is 10.9. The number of piperazine rings is 1. The largest absolute Gasteiger partial charge is 0.497 e. The van der Waals surface area contributed by atoms with Crippen LogP contribution in [0.25, 0.3) is 0 Å². The van der Waals surface area contributed by atoms with E-state index in [1.54, 1.807) is 43.5 Å². The average Bonchev–Trinajstić information content (AvgIpc) is 2.89. The Kier molecular flexibility index (Phi) is 7.44. The molecular weight excluding hydrogens is 430 g/mol. The first-order valence-corrected chi connectivity index (χ1v) is 11.3. The third-order valence-corrected chi connectivity index (χ3v) is 5.98. The molecule has 7 nitrogen and oxygen atoms in total. The van der Waals surface area contributed by atoms with E-state index in [1.807, 2.05) is 12.1 Å². The second-order valence-corrected chi connectivity index (χ2v) is 8.15. The number of carbonyl (C=O) groups is 2. The summed E-state index contributed by atoms with van der Waals surface area (Å²) in [7, 11) is 2.93. The van der Waals surface area contributed by atoms with Gasteiger partial charge < -0.3 is 19.7 Å². The minimum atomic E-state index is -0.445. The van der Waals surface area contributed by atoms with Crippen LogP contribution in [0.5, 0.6) is 5.75 Å². The van der Waals surface area contributed by atoms with E-state index in [4.69, 9.17) is 9.47 Å². The highest BCUT2D eigenvalue weighted by Crippen LogP contribution is 2.29. The molecule has 1 aliphatic heterocycles. The van der Waals surface area contributed by atoms with Crippen molar-refractivity contribution in [2.45, 2.75) is 6.54 Å². The zero-order valence-corrected chi connectivity index (χ0v) is 19.5. The highest BCUT2D eigenvalue weighted by molar-refractivity contribution is 6.07. The molecule has 1 saturated heterocycles. The van der Waals surface area contributed by atoms with Gasteiger partial charge in [-0.2, -0.15) is 0 Å². The molecule has 1 fully saturated rings. The van der Waals surface area contributed by atoms with Gasteiger partial charge in [0.15, 0.2) is 0 Å². The summed E-state index contributed by atoms with van der Waals surface area (Å²) in [6.07, 6.45) is 0. The number of nitrogens with one attached hydrogen (secondary N) is 1. The summed E-state index contributed by atoms with van der Waals surface area (Å²) in [6, 6.07) is 22.6. The summed E-state index contributed by atoms with van der Waals surface area (Å²) in [4.78, 5) is 29.7. The molecule has 1 heterocycles. The number of carbonyl (C=O) groups excluding carboxylic acids is 2. The first-order valence-electron chi connectivity index (χ1n) is 11.3. The predicted octanol–water partition coefficient (Wildman–Crippen LogP) is 4.06. The summed E-state index contributed by atoms with van der Waals surface area (Å²) in [5, 5.41) is 2.99. The van der Waals surface area contributed by atoms with E-state index in [0.29, 0.717) is 22.6 Å². The number of rotatable bonds is 7. The van der Waals surface area contributed by atoms with Crippen LogP contribution in [-0.4, -0.2) is 57.2 Å². The molecule has 0 aliphatic carbocycles. The number of anilines is 2. The molecule has 0 unspecified atom stereocenters. The molecule has 34 heavy (non-hydrogen) atoms. The van der Waals surface area contributed by atoms with Gasteiger partial charge in [0, 0.05) is 38.3 Å². The Morgan fingerprint density at radius 3 is 2.18 bits per heavy atom. The lowest BCUT2D eigenvalue weighted by Crippen LogP contribution is -2.46. The third kappa shape index (κ3) is 5.55. The Labute approximate surface area is 199 Å². The lowest BCUT2D eigenvalue weighted by molar-refractivity contribution is 0.0600. The van der Waals surface area contributed by atoms with Gasteiger partial charge in [0.05, 0.1) is 31.2 Å². The van der Waals surface area contributed by atoms with Crippen LogP contribution in [0.1, 0.15) is 26.3 Å². The number of esters is 1. The molecule has 1 amide bonds. The lowest BCUT2D eigenvalue weighted by Gasteiger charge is -2.37. The average molecular weight is 460 g/mol. The number of amides is 1. The SMILES string of the molecule is COC(=O)c1ccc(N2CCN(Cc3ccccc3)CC2)c(NC(=O)c2ccc(OC)cc2)c1. The van der Waals surface area contributed by atoms with Gasteiger partial charge in [-0.3, -0.25) is 9.69 Å². The first kappa shape index (κ1) is 23.3. The molecule has 0 saturated carbocycles. The third-order valence-electron chi connectivity index (χ3n) is 5.98. The van der Waals surface area contributed by atoms with Crippen molar-refractivity contribution in [2.75, 3.05) is 50.6 Å². The van der Waals surface area contributed by atoms with Gasteiger partial charge in [-0.1, -0.05) is 30.3 Å². The fraction of sp³-hybridized carbons (Fsp3) is 0.259. The van der Waals surface area contributed by atoms with E-state index in [1.165, 1.54) is 12.7 Å². The smallest absolute Gasteiger partial charge is 0.337 e. The molecule has 0 spiro atoms. The Balaban J connectivity index is 1.51. The second-order valence-electron chi connectivity index (χ2n) is 8.15. The highest BCUT2D eigenvalue weighted by Gasteiger charge is 2.22. The van der Waals surface area contributed by atoms with E-state index in [0.717, 1.165) is 38.4 Å². The van der Waals surface area contributed by atoms with Gasteiger partial charge in [0.2, 0.25) is 0 Å². The molecule has 3 aromatic rings. The Morgan fingerprint density at radius 2 is 1.53 bits per heavy atom. The maximum absolute atomic E-state index is 13.0. The number of nitrogens with zero attached hydrogens (tertiary/aromatic N) is 2. The summed E-state index contributed by atoms with van der Waals surface area (Å²) >= 11 is 0. The minimum Gasteiger partial charge on any atom is -0.497 e. The standard InChI is InChI=1S/C27H29N3O4/c1-33-23-11-8-21(9-12-23)26(31)28-24-18-22(27(32)34-2)10-13-25(24)30-16-14-29(15-17-30)19-20-6-4-3-5-7-20/h3-13,18H,14-17,19H2,1-2H3,(H,28,31). The number of hydrogen-bond acceptors (Lipinski definition) is 6. The Hall–Kier alpha value is -3.84. The molecule has 1 aliphatic rings. The molecule has 4 rings (SSSR count). The summed E-state index contributed by atoms with van der Waals surface area (Å²) in [5.41, 5.74) is 3.65. The topological polar surface area (TPSA) is 71.1 Å². The Morgan fingerprint density at radius 1 is 0.853 bits per heavy atom. The van der Waals surface area contributed by atoms with Gasteiger partial charge in [0.25, 0.3) is 5.91 Å². The van der Waals surface area contributed by atoms with Crippen molar-refractivity contribution >= 4 is 23.3 Å². The summed E-state index contributed by atoms with van der Waals surface area (Å²) in [5.74, 6) is -0.0221. The molecule has 3 aromatic carbocycles. The van der Waals surface area contributed by atoms with Crippen molar-refractivity contribution in [3.8, 4) is 5.75 Å². The Bertz CT molecular complexity index is 1120. The fourth-order valence-corrected chi connectivity index (χ4v) is 4.08. The van der Waals surface area contributed by atoms with Gasteiger partial charge in [-0.15, -0.1) is 0 Å².